The normalized spacial score (nSPS) is 13.5. The first-order valence-corrected chi connectivity index (χ1v) is 9.47. The molecule has 2 aromatic heterocycles. The average Bonchev–Trinajstić information content (AvgIpc) is 3.08. The number of carbonyl (C=O) groups excluding carboxylic acids is 1. The molecule has 0 saturated carbocycles. The molecule has 26 heavy (non-hydrogen) atoms. The second-order valence-electron chi connectivity index (χ2n) is 5.96. The molecule has 1 atom stereocenters. The van der Waals surface area contributed by atoms with E-state index in [4.69, 9.17) is 0 Å². The molecule has 0 spiro atoms. The van der Waals surface area contributed by atoms with E-state index >= 15 is 0 Å². The summed E-state index contributed by atoms with van der Waals surface area (Å²) >= 11 is 0. The average molecular weight is 375 g/mol. The Bertz CT molecular complexity index is 970. The van der Waals surface area contributed by atoms with Gasteiger partial charge in [0, 0.05) is 12.5 Å². The molecule has 0 bridgehead atoms. The van der Waals surface area contributed by atoms with E-state index in [0.717, 1.165) is 11.1 Å². The van der Waals surface area contributed by atoms with Crippen molar-refractivity contribution < 1.29 is 18.8 Å². The van der Waals surface area contributed by atoms with E-state index in [1.165, 1.54) is 12.1 Å². The first-order chi connectivity index (χ1) is 12.4. The number of H-pyrrole nitrogens is 1. The minimum Gasteiger partial charge on any atom is -0.391 e. The molecule has 0 aliphatic heterocycles. The summed E-state index contributed by atoms with van der Waals surface area (Å²) in [6, 6.07) is 6.25. The fraction of sp³-hybridized carbons (Fsp3) is 0.250. The number of hydrogen-bond donors (Lipinski definition) is 3. The highest BCUT2D eigenvalue weighted by molar-refractivity contribution is 7.61. The van der Waals surface area contributed by atoms with Crippen molar-refractivity contribution in [1.82, 2.24) is 20.2 Å². The summed E-state index contributed by atoms with van der Waals surface area (Å²) in [5.74, 6) is 1.52. The number of fused-ring (bicyclic) bond motifs is 1. The zero-order valence-electron chi connectivity index (χ0n) is 14.2. The van der Waals surface area contributed by atoms with Gasteiger partial charge in [-0.25, -0.2) is 14.5 Å². The van der Waals surface area contributed by atoms with Crippen LogP contribution in [0.4, 0.5) is 5.82 Å². The molecule has 0 amide bonds. The number of hydrogen-bond acceptors (Lipinski definition) is 7. The van der Waals surface area contributed by atoms with Crippen LogP contribution in [0.25, 0.3) is 11.0 Å². The van der Waals surface area contributed by atoms with Crippen LogP contribution in [-0.2, 0) is 20.4 Å². The van der Waals surface area contributed by atoms with Crippen LogP contribution in [0.3, 0.4) is 0 Å². The number of carbonyl (C=O) groups is 1. The van der Waals surface area contributed by atoms with Gasteiger partial charge in [0.2, 0.25) is 0 Å². The standard InChI is InChI=1S/C16H18N5O4P/c1-10(2)15-19-13-8-18-21-14(13)16(20-15)17-7-11-3-5-12(6-4-11)26(23,24)25-9-22/h3-6,8-10H,7H2,1-2H3,(H,18,21)(H,23,24)(H,17,19,20). The predicted octanol–water partition coefficient (Wildman–Crippen LogP) is 2.07. The van der Waals surface area contributed by atoms with Crippen LogP contribution in [0.15, 0.2) is 30.5 Å². The Morgan fingerprint density at radius 1 is 1.31 bits per heavy atom. The molecule has 0 fully saturated rings. The van der Waals surface area contributed by atoms with E-state index in [9.17, 15) is 14.3 Å². The molecule has 1 aromatic carbocycles. The van der Waals surface area contributed by atoms with Gasteiger partial charge in [-0.15, -0.1) is 0 Å². The second kappa shape index (κ2) is 7.23. The lowest BCUT2D eigenvalue weighted by Gasteiger charge is -2.11. The first kappa shape index (κ1) is 18.0. The van der Waals surface area contributed by atoms with Gasteiger partial charge in [-0.1, -0.05) is 26.0 Å². The van der Waals surface area contributed by atoms with E-state index in [1.54, 1.807) is 18.3 Å². The molecule has 9 nitrogen and oxygen atoms in total. The van der Waals surface area contributed by atoms with Crippen molar-refractivity contribution >= 4 is 36.2 Å². The maximum Gasteiger partial charge on any atom is 0.410 e. The molecular weight excluding hydrogens is 357 g/mol. The van der Waals surface area contributed by atoms with Crippen molar-refractivity contribution in [2.45, 2.75) is 26.3 Å². The van der Waals surface area contributed by atoms with Crippen LogP contribution in [0, 0.1) is 0 Å². The Morgan fingerprint density at radius 3 is 2.69 bits per heavy atom. The van der Waals surface area contributed by atoms with Gasteiger partial charge in [-0.3, -0.25) is 9.89 Å². The largest absolute Gasteiger partial charge is 0.410 e. The van der Waals surface area contributed by atoms with Crippen molar-refractivity contribution in [3.05, 3.63) is 41.9 Å². The smallest absolute Gasteiger partial charge is 0.391 e. The molecule has 3 rings (SSSR count). The first-order valence-electron chi connectivity index (χ1n) is 7.90. The summed E-state index contributed by atoms with van der Waals surface area (Å²) in [7, 11) is -4.11. The summed E-state index contributed by atoms with van der Waals surface area (Å²) in [5.41, 5.74) is 2.30. The lowest BCUT2D eigenvalue weighted by Crippen LogP contribution is -2.09. The summed E-state index contributed by atoms with van der Waals surface area (Å²) < 4.78 is 16.0. The van der Waals surface area contributed by atoms with Gasteiger partial charge < -0.3 is 14.7 Å². The fourth-order valence-corrected chi connectivity index (χ4v) is 3.12. The van der Waals surface area contributed by atoms with Crippen molar-refractivity contribution in [3.8, 4) is 0 Å². The fourth-order valence-electron chi connectivity index (χ4n) is 2.35. The van der Waals surface area contributed by atoms with Crippen LogP contribution >= 0.6 is 7.60 Å². The molecule has 0 aliphatic rings. The van der Waals surface area contributed by atoms with Crippen molar-refractivity contribution in [1.29, 1.82) is 0 Å². The van der Waals surface area contributed by atoms with Gasteiger partial charge in [-0.05, 0) is 17.7 Å². The minimum absolute atomic E-state index is 0.0344. The third kappa shape index (κ3) is 3.74. The van der Waals surface area contributed by atoms with Gasteiger partial charge in [0.25, 0.3) is 6.47 Å². The lowest BCUT2D eigenvalue weighted by atomic mass is 10.2. The van der Waals surface area contributed by atoms with Crippen molar-refractivity contribution in [2.24, 2.45) is 0 Å². The molecule has 2 heterocycles. The molecule has 3 N–H and O–H groups in total. The molecular formula is C16H18N5O4P. The second-order valence-corrected chi connectivity index (χ2v) is 7.73. The van der Waals surface area contributed by atoms with Crippen molar-refractivity contribution in [3.63, 3.8) is 0 Å². The van der Waals surface area contributed by atoms with Crippen LogP contribution in [0.5, 0.6) is 0 Å². The Kier molecular flexibility index (Phi) is 5.01. The summed E-state index contributed by atoms with van der Waals surface area (Å²) in [6.07, 6.45) is 1.65. The molecule has 0 radical (unpaired) electrons. The zero-order valence-corrected chi connectivity index (χ0v) is 15.1. The highest BCUT2D eigenvalue weighted by Gasteiger charge is 2.22. The Balaban J connectivity index is 1.79. The lowest BCUT2D eigenvalue weighted by molar-refractivity contribution is -0.120. The predicted molar refractivity (Wildman–Crippen MR) is 96.1 cm³/mol. The van der Waals surface area contributed by atoms with E-state index in [-0.39, 0.29) is 17.7 Å². The quantitative estimate of drug-likeness (QED) is 0.423. The zero-order chi connectivity index (χ0) is 18.7. The van der Waals surface area contributed by atoms with Crippen LogP contribution in [0.2, 0.25) is 0 Å². The topological polar surface area (TPSA) is 130 Å². The van der Waals surface area contributed by atoms with Crippen LogP contribution < -0.4 is 10.6 Å². The van der Waals surface area contributed by atoms with E-state index in [0.29, 0.717) is 23.7 Å². The Hall–Kier alpha value is -2.77. The minimum atomic E-state index is -4.11. The van der Waals surface area contributed by atoms with Gasteiger partial charge >= 0.3 is 7.60 Å². The molecule has 136 valence electrons. The van der Waals surface area contributed by atoms with Gasteiger partial charge in [0.1, 0.15) is 16.9 Å². The highest BCUT2D eigenvalue weighted by atomic mass is 31.2. The summed E-state index contributed by atoms with van der Waals surface area (Å²) in [4.78, 5) is 28.9. The number of rotatable bonds is 7. The monoisotopic (exact) mass is 375 g/mol. The molecule has 1 unspecified atom stereocenters. The number of aromatic amines is 1. The maximum atomic E-state index is 11.8. The van der Waals surface area contributed by atoms with E-state index in [1.807, 2.05) is 13.8 Å². The highest BCUT2D eigenvalue weighted by Crippen LogP contribution is 2.39. The molecule has 10 heteroatoms. The number of nitrogens with one attached hydrogen (secondary N) is 2. The number of benzene rings is 1. The number of anilines is 1. The Morgan fingerprint density at radius 2 is 2.04 bits per heavy atom. The summed E-state index contributed by atoms with van der Waals surface area (Å²) in [6.45, 7) is 4.43. The van der Waals surface area contributed by atoms with Gasteiger partial charge in [0.15, 0.2) is 5.82 Å². The SMILES string of the molecule is CC(C)c1nc(NCc2ccc(P(=O)(O)OC=O)cc2)c2[nH]ncc2n1. The Labute approximate surface area is 149 Å². The third-order valence-electron chi connectivity index (χ3n) is 3.74. The van der Waals surface area contributed by atoms with Crippen molar-refractivity contribution in [2.75, 3.05) is 5.32 Å². The van der Waals surface area contributed by atoms with Gasteiger partial charge in [0.05, 0.1) is 11.5 Å². The molecule has 0 saturated heterocycles. The van der Waals surface area contributed by atoms with Crippen LogP contribution in [-0.4, -0.2) is 31.5 Å². The molecule has 0 aliphatic carbocycles. The molecule has 3 aromatic rings. The maximum absolute atomic E-state index is 11.8. The van der Waals surface area contributed by atoms with Crippen LogP contribution in [0.1, 0.15) is 31.2 Å². The third-order valence-corrected chi connectivity index (χ3v) is 5.06. The van der Waals surface area contributed by atoms with E-state index < -0.39 is 7.60 Å². The number of nitrogens with zero attached hydrogens (tertiary/aromatic N) is 3. The van der Waals surface area contributed by atoms with Gasteiger partial charge in [-0.2, -0.15) is 5.10 Å². The number of aromatic nitrogens is 4. The summed E-state index contributed by atoms with van der Waals surface area (Å²) in [5, 5.41) is 10.2. The van der Waals surface area contributed by atoms with E-state index in [2.05, 4.69) is 30.0 Å².